The molecule has 1 aromatic heterocycles. The molecular formula is C29H36N2O4S. The Balaban J connectivity index is 1.39. The molecule has 192 valence electrons. The van der Waals surface area contributed by atoms with Gasteiger partial charge < -0.3 is 19.5 Å². The van der Waals surface area contributed by atoms with E-state index < -0.39 is 6.10 Å². The van der Waals surface area contributed by atoms with Crippen LogP contribution >= 0.6 is 11.3 Å². The third-order valence-corrected chi connectivity index (χ3v) is 7.36. The average molecular weight is 509 g/mol. The molecule has 1 N–H and O–H groups in total. The molecule has 0 saturated heterocycles. The second-order valence-electron chi connectivity index (χ2n) is 9.29. The topological polar surface area (TPSA) is 62.2 Å². The summed E-state index contributed by atoms with van der Waals surface area (Å²) in [6, 6.07) is 19.5. The van der Waals surface area contributed by atoms with E-state index in [1.807, 2.05) is 71.3 Å². The number of benzene rings is 2. The predicted molar refractivity (Wildman–Crippen MR) is 144 cm³/mol. The predicted octanol–water partition coefficient (Wildman–Crippen LogP) is 4.71. The lowest BCUT2D eigenvalue weighted by molar-refractivity contribution is -0.136. The van der Waals surface area contributed by atoms with Crippen molar-refractivity contribution < 1.29 is 19.4 Å². The molecule has 4 rings (SSSR count). The number of amides is 1. The smallest absolute Gasteiger partial charge is 0.237 e. The van der Waals surface area contributed by atoms with E-state index in [1.165, 1.54) is 10.4 Å². The summed E-state index contributed by atoms with van der Waals surface area (Å²) in [6.45, 7) is 6.78. The Bertz CT molecular complexity index is 1100. The normalized spacial score (nSPS) is 16.0. The number of fused-ring (bicyclic) bond motifs is 1. The molecule has 1 amide bonds. The molecule has 36 heavy (non-hydrogen) atoms. The number of aliphatic hydroxyl groups is 1. The van der Waals surface area contributed by atoms with E-state index in [0.717, 1.165) is 36.4 Å². The van der Waals surface area contributed by atoms with Crippen molar-refractivity contribution in [2.24, 2.45) is 0 Å². The van der Waals surface area contributed by atoms with Crippen LogP contribution < -0.4 is 9.47 Å². The number of ether oxygens (including phenoxy) is 2. The molecule has 1 aliphatic rings. The number of para-hydroxylation sites is 1. The van der Waals surface area contributed by atoms with E-state index in [2.05, 4.69) is 18.4 Å². The van der Waals surface area contributed by atoms with Gasteiger partial charge in [0.15, 0.2) is 0 Å². The average Bonchev–Trinajstić information content (AvgIpc) is 3.36. The highest BCUT2D eigenvalue weighted by Gasteiger charge is 2.33. The van der Waals surface area contributed by atoms with Crippen molar-refractivity contribution in [3.8, 4) is 11.5 Å². The number of aryl methyl sites for hydroxylation is 1. The van der Waals surface area contributed by atoms with Crippen LogP contribution in [0.25, 0.3) is 0 Å². The lowest BCUT2D eigenvalue weighted by Crippen LogP contribution is -2.48. The van der Waals surface area contributed by atoms with Gasteiger partial charge in [0.25, 0.3) is 0 Å². The first-order chi connectivity index (χ1) is 17.5. The summed E-state index contributed by atoms with van der Waals surface area (Å²) in [7, 11) is 0. The minimum Gasteiger partial charge on any atom is -0.491 e. The highest BCUT2D eigenvalue weighted by Crippen LogP contribution is 2.34. The van der Waals surface area contributed by atoms with Crippen LogP contribution in [-0.2, 0) is 11.2 Å². The Morgan fingerprint density at radius 3 is 2.72 bits per heavy atom. The molecule has 2 atom stereocenters. The van der Waals surface area contributed by atoms with Gasteiger partial charge in [-0.2, -0.15) is 0 Å². The maximum atomic E-state index is 13.6. The zero-order chi connectivity index (χ0) is 25.3. The van der Waals surface area contributed by atoms with E-state index in [-0.39, 0.29) is 25.1 Å². The first-order valence-corrected chi connectivity index (χ1v) is 13.5. The van der Waals surface area contributed by atoms with Crippen LogP contribution in [-0.4, -0.2) is 66.3 Å². The van der Waals surface area contributed by atoms with Gasteiger partial charge in [-0.3, -0.25) is 9.69 Å². The summed E-state index contributed by atoms with van der Waals surface area (Å²) in [5.41, 5.74) is 2.33. The zero-order valence-electron chi connectivity index (χ0n) is 21.1. The van der Waals surface area contributed by atoms with Gasteiger partial charge in [0.05, 0.1) is 12.6 Å². The number of thiophene rings is 1. The molecular weight excluding hydrogens is 472 g/mol. The summed E-state index contributed by atoms with van der Waals surface area (Å²) in [6.07, 6.45) is 1.07. The Kier molecular flexibility index (Phi) is 9.39. The molecule has 0 bridgehead atoms. The van der Waals surface area contributed by atoms with Gasteiger partial charge in [0.1, 0.15) is 30.8 Å². The van der Waals surface area contributed by atoms with Crippen LogP contribution in [0.3, 0.4) is 0 Å². The van der Waals surface area contributed by atoms with Gasteiger partial charge in [-0.05, 0) is 73.1 Å². The van der Waals surface area contributed by atoms with Crippen molar-refractivity contribution in [3.63, 3.8) is 0 Å². The summed E-state index contributed by atoms with van der Waals surface area (Å²) >= 11 is 1.75. The molecule has 0 spiro atoms. The molecule has 0 unspecified atom stereocenters. The van der Waals surface area contributed by atoms with Gasteiger partial charge in [0.2, 0.25) is 5.91 Å². The van der Waals surface area contributed by atoms with E-state index in [4.69, 9.17) is 9.47 Å². The minimum absolute atomic E-state index is 0.0642. The molecule has 2 aromatic carbocycles. The SMILES string of the molecule is CCCN(CC(=O)N1CCc2sccc2[C@H]1COc1cccc(C)c1)C[C@@H](O)COc1ccccc1. The summed E-state index contributed by atoms with van der Waals surface area (Å²) in [4.78, 5) is 18.9. The maximum Gasteiger partial charge on any atom is 0.237 e. The van der Waals surface area contributed by atoms with Crippen molar-refractivity contribution in [1.29, 1.82) is 0 Å². The lowest BCUT2D eigenvalue weighted by Gasteiger charge is -2.37. The van der Waals surface area contributed by atoms with Crippen molar-refractivity contribution in [1.82, 2.24) is 9.80 Å². The molecule has 6 nitrogen and oxygen atoms in total. The summed E-state index contributed by atoms with van der Waals surface area (Å²) in [5, 5.41) is 12.7. The molecule has 7 heteroatoms. The number of hydrogen-bond acceptors (Lipinski definition) is 6. The van der Waals surface area contributed by atoms with Gasteiger partial charge in [-0.25, -0.2) is 0 Å². The number of hydrogen-bond donors (Lipinski definition) is 1. The first-order valence-electron chi connectivity index (χ1n) is 12.7. The fourth-order valence-electron chi connectivity index (χ4n) is 4.65. The fraction of sp³-hybridized carbons (Fsp3) is 0.414. The Morgan fingerprint density at radius 2 is 1.94 bits per heavy atom. The van der Waals surface area contributed by atoms with Crippen LogP contribution in [0.1, 0.15) is 35.4 Å². The van der Waals surface area contributed by atoms with Crippen molar-refractivity contribution >= 4 is 17.2 Å². The van der Waals surface area contributed by atoms with Gasteiger partial charge >= 0.3 is 0 Å². The molecule has 0 saturated carbocycles. The number of carbonyl (C=O) groups is 1. The molecule has 3 aromatic rings. The lowest BCUT2D eigenvalue weighted by atomic mass is 10.0. The Hall–Kier alpha value is -2.87. The Morgan fingerprint density at radius 1 is 1.14 bits per heavy atom. The van der Waals surface area contributed by atoms with Crippen LogP contribution in [0, 0.1) is 6.92 Å². The van der Waals surface area contributed by atoms with Crippen molar-refractivity contribution in [2.75, 3.05) is 39.4 Å². The molecule has 0 fully saturated rings. The summed E-state index contributed by atoms with van der Waals surface area (Å²) in [5.74, 6) is 1.61. The third kappa shape index (κ3) is 7.09. The highest BCUT2D eigenvalue weighted by molar-refractivity contribution is 7.10. The van der Waals surface area contributed by atoms with Gasteiger partial charge in [-0.15, -0.1) is 11.3 Å². The van der Waals surface area contributed by atoms with Crippen LogP contribution in [0.15, 0.2) is 66.0 Å². The van der Waals surface area contributed by atoms with Crippen LogP contribution in [0.5, 0.6) is 11.5 Å². The molecule has 0 radical (unpaired) electrons. The number of carbonyl (C=O) groups excluding carboxylic acids is 1. The zero-order valence-corrected chi connectivity index (χ0v) is 22.0. The second-order valence-corrected chi connectivity index (χ2v) is 10.3. The first kappa shape index (κ1) is 26.2. The van der Waals surface area contributed by atoms with Crippen molar-refractivity contribution in [3.05, 3.63) is 82.0 Å². The number of rotatable bonds is 12. The van der Waals surface area contributed by atoms with Crippen LogP contribution in [0.4, 0.5) is 0 Å². The molecule has 0 aliphatic carbocycles. The second kappa shape index (κ2) is 12.9. The Labute approximate surface area is 218 Å². The number of aliphatic hydroxyl groups excluding tert-OH is 1. The van der Waals surface area contributed by atoms with E-state index >= 15 is 0 Å². The standard InChI is InChI=1S/C29H36N2O4S/c1-3-14-30(18-23(32)20-34-24-9-5-4-6-10-24)19-29(33)31-15-12-28-26(13-16-36-28)27(31)21-35-25-11-7-8-22(2)17-25/h4-11,13,16-17,23,27,32H,3,12,14-15,18-21H2,1-2H3/t23-,27-/m1/s1. The molecule has 1 aliphatic heterocycles. The molecule has 2 heterocycles. The van der Waals surface area contributed by atoms with Crippen LogP contribution in [0.2, 0.25) is 0 Å². The monoisotopic (exact) mass is 508 g/mol. The summed E-state index contributed by atoms with van der Waals surface area (Å²) < 4.78 is 11.9. The third-order valence-electron chi connectivity index (χ3n) is 6.37. The minimum atomic E-state index is -0.685. The van der Waals surface area contributed by atoms with E-state index in [1.54, 1.807) is 11.3 Å². The number of nitrogens with zero attached hydrogens (tertiary/aromatic N) is 2. The highest BCUT2D eigenvalue weighted by atomic mass is 32.1. The fourth-order valence-corrected chi connectivity index (χ4v) is 5.58. The quantitative estimate of drug-likeness (QED) is 0.384. The van der Waals surface area contributed by atoms with Crippen molar-refractivity contribution in [2.45, 2.75) is 38.8 Å². The van der Waals surface area contributed by atoms with Gasteiger partial charge in [0, 0.05) is 18.0 Å². The van der Waals surface area contributed by atoms with E-state index in [9.17, 15) is 9.90 Å². The van der Waals surface area contributed by atoms with Gasteiger partial charge in [-0.1, -0.05) is 37.3 Å². The largest absolute Gasteiger partial charge is 0.491 e. The maximum absolute atomic E-state index is 13.6. The van der Waals surface area contributed by atoms with E-state index in [0.29, 0.717) is 19.7 Å².